The molecule has 0 aliphatic carbocycles. The number of hydrogen-bond acceptors (Lipinski definition) is 9. The van der Waals surface area contributed by atoms with Gasteiger partial charge in [0.25, 0.3) is 0 Å². The molecular formula is C6H13N3O5S2. The third-order valence-electron chi connectivity index (χ3n) is 1.39. The SMILES string of the molecule is NOC(=O)C(N)(O)CSSCC(N)C(=O)O. The van der Waals surface area contributed by atoms with Crippen LogP contribution < -0.4 is 17.4 Å². The van der Waals surface area contributed by atoms with E-state index < -0.39 is 23.7 Å². The fourth-order valence-electron chi connectivity index (χ4n) is 0.485. The summed E-state index contributed by atoms with van der Waals surface area (Å²) in [6.45, 7) is 0. The predicted molar refractivity (Wildman–Crippen MR) is 59.9 cm³/mol. The highest BCUT2D eigenvalue weighted by Gasteiger charge is 2.33. The van der Waals surface area contributed by atoms with Crippen LogP contribution in [0, 0.1) is 0 Å². The average Bonchev–Trinajstić information content (AvgIpc) is 2.22. The molecule has 0 fully saturated rings. The van der Waals surface area contributed by atoms with Crippen LogP contribution in [0.3, 0.4) is 0 Å². The summed E-state index contributed by atoms with van der Waals surface area (Å²) in [7, 11) is 2.06. The van der Waals surface area contributed by atoms with Crippen LogP contribution in [-0.4, -0.2) is 45.4 Å². The van der Waals surface area contributed by atoms with Crippen molar-refractivity contribution in [1.82, 2.24) is 0 Å². The molecule has 0 aliphatic rings. The van der Waals surface area contributed by atoms with E-state index >= 15 is 0 Å². The van der Waals surface area contributed by atoms with E-state index in [0.29, 0.717) is 0 Å². The fourth-order valence-corrected chi connectivity index (χ4v) is 2.77. The van der Waals surface area contributed by atoms with Crippen LogP contribution >= 0.6 is 21.6 Å². The number of carbonyl (C=O) groups is 2. The number of hydrogen-bond donors (Lipinski definition) is 5. The van der Waals surface area contributed by atoms with E-state index in [1.807, 2.05) is 0 Å². The van der Waals surface area contributed by atoms with Gasteiger partial charge >= 0.3 is 11.9 Å². The number of rotatable bonds is 7. The van der Waals surface area contributed by atoms with Crippen molar-refractivity contribution in [2.45, 2.75) is 11.8 Å². The van der Waals surface area contributed by atoms with E-state index in [9.17, 15) is 14.7 Å². The Bertz CT molecular complexity index is 263. The molecule has 8 nitrogen and oxygen atoms in total. The fraction of sp³-hybridized carbons (Fsp3) is 0.667. The van der Waals surface area contributed by atoms with Gasteiger partial charge in [-0.15, -0.1) is 0 Å². The zero-order valence-electron chi connectivity index (χ0n) is 8.16. The van der Waals surface area contributed by atoms with Crippen molar-refractivity contribution in [3.05, 3.63) is 0 Å². The molecule has 0 saturated carbocycles. The Hall–Kier alpha value is -0.520. The molecule has 0 spiro atoms. The second-order valence-corrected chi connectivity index (χ2v) is 5.33. The van der Waals surface area contributed by atoms with Crippen molar-refractivity contribution in [2.24, 2.45) is 17.4 Å². The van der Waals surface area contributed by atoms with Crippen LogP contribution in [0.15, 0.2) is 0 Å². The Morgan fingerprint density at radius 3 is 2.44 bits per heavy atom. The molecule has 94 valence electrons. The standard InChI is InChI=1S/C6H13N3O5S2/c7-3(4(10)11)1-15-16-2-6(8,13)5(12)14-9/h3,13H,1-2,7-9H2,(H,10,11). The topological polar surface area (TPSA) is 162 Å². The minimum absolute atomic E-state index is 0.119. The van der Waals surface area contributed by atoms with Gasteiger partial charge in [0, 0.05) is 5.75 Å². The number of aliphatic hydroxyl groups is 1. The van der Waals surface area contributed by atoms with Crippen molar-refractivity contribution in [3.8, 4) is 0 Å². The van der Waals surface area contributed by atoms with Crippen LogP contribution in [0.5, 0.6) is 0 Å². The Labute approximate surface area is 99.2 Å². The molecule has 2 atom stereocenters. The van der Waals surface area contributed by atoms with Gasteiger partial charge in [0.1, 0.15) is 6.04 Å². The van der Waals surface area contributed by atoms with Crippen molar-refractivity contribution >= 4 is 33.5 Å². The maximum absolute atomic E-state index is 10.8. The van der Waals surface area contributed by atoms with E-state index in [4.69, 9.17) is 16.6 Å². The molecule has 0 aromatic rings. The van der Waals surface area contributed by atoms with E-state index in [2.05, 4.69) is 10.7 Å². The van der Waals surface area contributed by atoms with Crippen molar-refractivity contribution in [3.63, 3.8) is 0 Å². The molecule has 0 saturated heterocycles. The summed E-state index contributed by atoms with van der Waals surface area (Å²) in [5, 5.41) is 17.8. The highest BCUT2D eigenvalue weighted by molar-refractivity contribution is 8.76. The average molecular weight is 271 g/mol. The van der Waals surface area contributed by atoms with Gasteiger partial charge in [0.15, 0.2) is 0 Å². The lowest BCUT2D eigenvalue weighted by Crippen LogP contribution is -2.52. The normalized spacial score (nSPS) is 16.2. The molecule has 0 amide bonds. The van der Waals surface area contributed by atoms with Gasteiger partial charge in [-0.25, -0.2) is 4.79 Å². The van der Waals surface area contributed by atoms with Gasteiger partial charge < -0.3 is 20.8 Å². The van der Waals surface area contributed by atoms with Gasteiger partial charge in [0.2, 0.25) is 5.72 Å². The van der Waals surface area contributed by atoms with E-state index in [-0.39, 0.29) is 11.5 Å². The first-order valence-electron chi connectivity index (χ1n) is 3.96. The molecular weight excluding hydrogens is 258 g/mol. The van der Waals surface area contributed by atoms with Gasteiger partial charge in [-0.05, 0) is 0 Å². The predicted octanol–water partition coefficient (Wildman–Crippen LogP) is -2.16. The second kappa shape index (κ2) is 6.93. The smallest absolute Gasteiger partial charge is 0.372 e. The Kier molecular flexibility index (Phi) is 6.71. The summed E-state index contributed by atoms with van der Waals surface area (Å²) in [6.07, 6.45) is 0. The molecule has 0 aliphatic heterocycles. The lowest BCUT2D eigenvalue weighted by Gasteiger charge is -2.18. The maximum Gasteiger partial charge on any atom is 0.372 e. The molecule has 0 bridgehead atoms. The number of carboxylic acid groups (broad SMARTS) is 1. The first-order chi connectivity index (χ1) is 7.31. The lowest BCUT2D eigenvalue weighted by molar-refractivity contribution is -0.163. The van der Waals surface area contributed by atoms with Gasteiger partial charge in [-0.3, -0.25) is 10.5 Å². The molecule has 2 unspecified atom stereocenters. The number of carbonyl (C=O) groups excluding carboxylic acids is 1. The molecule has 0 rings (SSSR count). The zero-order chi connectivity index (χ0) is 12.8. The van der Waals surface area contributed by atoms with Crippen LogP contribution in [0.25, 0.3) is 0 Å². The zero-order valence-corrected chi connectivity index (χ0v) is 9.79. The summed E-state index contributed by atoms with van der Waals surface area (Å²) < 4.78 is 0. The monoisotopic (exact) mass is 271 g/mol. The van der Waals surface area contributed by atoms with E-state index in [1.165, 1.54) is 0 Å². The van der Waals surface area contributed by atoms with Gasteiger partial charge in [-0.1, -0.05) is 21.6 Å². The van der Waals surface area contributed by atoms with Crippen LogP contribution in [-0.2, 0) is 14.4 Å². The van der Waals surface area contributed by atoms with Gasteiger partial charge in [0.05, 0.1) is 5.75 Å². The number of aliphatic carboxylic acids is 1. The Morgan fingerprint density at radius 2 is 2.00 bits per heavy atom. The van der Waals surface area contributed by atoms with Crippen molar-refractivity contribution in [2.75, 3.05) is 11.5 Å². The molecule has 10 heteroatoms. The molecule has 0 radical (unpaired) electrons. The van der Waals surface area contributed by atoms with Crippen LogP contribution in [0.4, 0.5) is 0 Å². The number of nitrogens with two attached hydrogens (primary N) is 3. The first-order valence-corrected chi connectivity index (χ1v) is 6.45. The summed E-state index contributed by atoms with van der Waals surface area (Å²) in [4.78, 5) is 24.9. The van der Waals surface area contributed by atoms with Gasteiger partial charge in [-0.2, -0.15) is 5.90 Å². The lowest BCUT2D eigenvalue weighted by atomic mass is 10.3. The van der Waals surface area contributed by atoms with Crippen molar-refractivity contribution < 1.29 is 24.6 Å². The maximum atomic E-state index is 10.8. The summed E-state index contributed by atoms with van der Waals surface area (Å²) >= 11 is 0. The molecule has 8 N–H and O–H groups in total. The third kappa shape index (κ3) is 5.53. The third-order valence-corrected chi connectivity index (χ3v) is 3.87. The summed E-state index contributed by atoms with van der Waals surface area (Å²) in [5.74, 6) is 2.18. The molecule has 16 heavy (non-hydrogen) atoms. The van der Waals surface area contributed by atoms with Crippen LogP contribution in [0.1, 0.15) is 0 Å². The Balaban J connectivity index is 3.82. The van der Waals surface area contributed by atoms with Crippen molar-refractivity contribution in [1.29, 1.82) is 0 Å². The highest BCUT2D eigenvalue weighted by Crippen LogP contribution is 2.24. The molecule has 0 heterocycles. The summed E-state index contributed by atoms with van der Waals surface area (Å²) in [5.41, 5.74) is 8.19. The minimum Gasteiger partial charge on any atom is -0.480 e. The minimum atomic E-state index is -2.19. The number of carboxylic acids is 1. The van der Waals surface area contributed by atoms with E-state index in [1.54, 1.807) is 0 Å². The quantitative estimate of drug-likeness (QED) is 0.149. The van der Waals surface area contributed by atoms with Crippen LogP contribution in [0.2, 0.25) is 0 Å². The summed E-state index contributed by atoms with van der Waals surface area (Å²) in [6, 6.07) is -1.01. The highest BCUT2D eigenvalue weighted by atomic mass is 33.1. The Morgan fingerprint density at radius 1 is 1.44 bits per heavy atom. The largest absolute Gasteiger partial charge is 0.480 e. The molecule has 0 aromatic heterocycles. The second-order valence-electron chi connectivity index (χ2n) is 2.82. The first kappa shape index (κ1) is 15.5. The van der Waals surface area contributed by atoms with E-state index in [0.717, 1.165) is 21.6 Å². The molecule has 0 aromatic carbocycles.